The van der Waals surface area contributed by atoms with Gasteiger partial charge in [-0.1, -0.05) is 0 Å². The van der Waals surface area contributed by atoms with Crippen LogP contribution in [0, 0.1) is 0 Å². The van der Waals surface area contributed by atoms with E-state index >= 15 is 0 Å². The number of hydrogen-bond donors (Lipinski definition) is 1. The van der Waals surface area contributed by atoms with E-state index < -0.39 is 0 Å². The first-order chi connectivity index (χ1) is 7.47. The summed E-state index contributed by atoms with van der Waals surface area (Å²) in [7, 11) is 1.91. The first kappa shape index (κ1) is 10.9. The van der Waals surface area contributed by atoms with Crippen molar-refractivity contribution in [2.75, 3.05) is 0 Å². The molecule has 5 heteroatoms. The van der Waals surface area contributed by atoms with Crippen LogP contribution in [-0.2, 0) is 19.1 Å². The molecule has 0 aliphatic rings. The fourth-order valence-electron chi connectivity index (χ4n) is 1.73. The molecule has 0 aromatic carbocycles. The van der Waals surface area contributed by atoms with Gasteiger partial charge >= 0.3 is 0 Å². The standard InChI is InChI=1S/C11H17N5/c1-11(2,12)10-5-13-8-16(10)7-9-4-14-15(3)6-9/h4-6,8H,7,12H2,1-3H3. The first-order valence-corrected chi connectivity index (χ1v) is 5.24. The summed E-state index contributed by atoms with van der Waals surface area (Å²) in [5, 5.41) is 4.14. The number of aromatic nitrogens is 4. The van der Waals surface area contributed by atoms with Gasteiger partial charge < -0.3 is 10.3 Å². The fourth-order valence-corrected chi connectivity index (χ4v) is 1.73. The lowest BCUT2D eigenvalue weighted by Crippen LogP contribution is -2.31. The zero-order valence-electron chi connectivity index (χ0n) is 9.88. The molecule has 2 rings (SSSR count). The van der Waals surface area contributed by atoms with Crippen molar-refractivity contribution < 1.29 is 0 Å². The second kappa shape index (κ2) is 3.75. The summed E-state index contributed by atoms with van der Waals surface area (Å²) in [6, 6.07) is 0. The maximum atomic E-state index is 6.08. The summed E-state index contributed by atoms with van der Waals surface area (Å²) in [6.45, 7) is 4.71. The maximum Gasteiger partial charge on any atom is 0.0951 e. The van der Waals surface area contributed by atoms with E-state index in [1.54, 1.807) is 11.0 Å². The zero-order chi connectivity index (χ0) is 11.8. The summed E-state index contributed by atoms with van der Waals surface area (Å²) in [5.41, 5.74) is 7.87. The predicted octanol–water partition coefficient (Wildman–Crippen LogP) is 0.859. The number of nitrogens with zero attached hydrogens (tertiary/aromatic N) is 4. The van der Waals surface area contributed by atoms with Crippen molar-refractivity contribution in [3.05, 3.63) is 36.2 Å². The largest absolute Gasteiger partial charge is 0.328 e. The molecule has 0 amide bonds. The molecule has 0 saturated heterocycles. The SMILES string of the molecule is Cn1cc(Cn2cncc2C(C)(C)N)cn1. The number of rotatable bonds is 3. The number of nitrogens with two attached hydrogens (primary N) is 1. The highest BCUT2D eigenvalue weighted by Gasteiger charge is 2.19. The molecule has 16 heavy (non-hydrogen) atoms. The van der Waals surface area contributed by atoms with E-state index in [1.165, 1.54) is 0 Å². The predicted molar refractivity (Wildman–Crippen MR) is 61.8 cm³/mol. The van der Waals surface area contributed by atoms with E-state index in [0.717, 1.165) is 17.8 Å². The zero-order valence-corrected chi connectivity index (χ0v) is 9.88. The smallest absolute Gasteiger partial charge is 0.0951 e. The van der Waals surface area contributed by atoms with Crippen molar-refractivity contribution in [3.63, 3.8) is 0 Å². The average Bonchev–Trinajstić information content (AvgIpc) is 2.74. The van der Waals surface area contributed by atoms with Crippen LogP contribution in [0.5, 0.6) is 0 Å². The molecule has 5 nitrogen and oxygen atoms in total. The Bertz CT molecular complexity index is 475. The summed E-state index contributed by atoms with van der Waals surface area (Å²) in [5.74, 6) is 0. The molecule has 0 fully saturated rings. The number of aryl methyl sites for hydroxylation is 1. The molecule has 86 valence electrons. The summed E-state index contributed by atoms with van der Waals surface area (Å²) in [6.07, 6.45) is 7.47. The Morgan fingerprint density at radius 1 is 1.38 bits per heavy atom. The Kier molecular flexibility index (Phi) is 2.55. The van der Waals surface area contributed by atoms with Gasteiger partial charge in [0.1, 0.15) is 0 Å². The molecular weight excluding hydrogens is 202 g/mol. The second-order valence-corrected chi connectivity index (χ2v) is 4.65. The lowest BCUT2D eigenvalue weighted by Gasteiger charge is -2.20. The third kappa shape index (κ3) is 2.14. The monoisotopic (exact) mass is 219 g/mol. The Labute approximate surface area is 94.9 Å². The molecule has 0 spiro atoms. The van der Waals surface area contributed by atoms with Gasteiger partial charge in [0.2, 0.25) is 0 Å². The Morgan fingerprint density at radius 2 is 2.12 bits per heavy atom. The van der Waals surface area contributed by atoms with Crippen LogP contribution in [0.2, 0.25) is 0 Å². The molecular formula is C11H17N5. The van der Waals surface area contributed by atoms with Crippen molar-refractivity contribution in [1.29, 1.82) is 0 Å². The molecule has 2 heterocycles. The summed E-state index contributed by atoms with van der Waals surface area (Å²) >= 11 is 0. The fraction of sp³-hybridized carbons (Fsp3) is 0.455. The van der Waals surface area contributed by atoms with Gasteiger partial charge in [0.05, 0.1) is 30.3 Å². The minimum atomic E-state index is -0.376. The Balaban J connectivity index is 2.25. The van der Waals surface area contributed by atoms with Crippen LogP contribution >= 0.6 is 0 Å². The lowest BCUT2D eigenvalue weighted by molar-refractivity contribution is 0.503. The van der Waals surface area contributed by atoms with Crippen molar-refractivity contribution in [2.24, 2.45) is 12.8 Å². The molecule has 0 radical (unpaired) electrons. The third-order valence-corrected chi connectivity index (χ3v) is 2.48. The van der Waals surface area contributed by atoms with E-state index in [1.807, 2.05) is 39.5 Å². The minimum Gasteiger partial charge on any atom is -0.328 e. The van der Waals surface area contributed by atoms with Crippen LogP contribution < -0.4 is 5.73 Å². The van der Waals surface area contributed by atoms with Crippen molar-refractivity contribution in [1.82, 2.24) is 19.3 Å². The van der Waals surface area contributed by atoms with E-state index in [-0.39, 0.29) is 5.54 Å². The Morgan fingerprint density at radius 3 is 2.69 bits per heavy atom. The van der Waals surface area contributed by atoms with Crippen molar-refractivity contribution >= 4 is 0 Å². The quantitative estimate of drug-likeness (QED) is 0.832. The van der Waals surface area contributed by atoms with Gasteiger partial charge in [-0.3, -0.25) is 4.68 Å². The molecule has 0 unspecified atom stereocenters. The third-order valence-electron chi connectivity index (χ3n) is 2.48. The molecule has 0 atom stereocenters. The maximum absolute atomic E-state index is 6.08. The molecule has 0 bridgehead atoms. The van der Waals surface area contributed by atoms with Gasteiger partial charge in [-0.2, -0.15) is 5.10 Å². The highest BCUT2D eigenvalue weighted by Crippen LogP contribution is 2.17. The molecule has 2 aromatic heterocycles. The van der Waals surface area contributed by atoms with Gasteiger partial charge in [-0.15, -0.1) is 0 Å². The van der Waals surface area contributed by atoms with Crippen molar-refractivity contribution in [3.8, 4) is 0 Å². The second-order valence-electron chi connectivity index (χ2n) is 4.65. The molecule has 0 aliphatic carbocycles. The Hall–Kier alpha value is -1.62. The molecule has 2 N–H and O–H groups in total. The van der Waals surface area contributed by atoms with Gasteiger partial charge in [0.15, 0.2) is 0 Å². The van der Waals surface area contributed by atoms with Gasteiger partial charge in [0.25, 0.3) is 0 Å². The van der Waals surface area contributed by atoms with E-state index in [4.69, 9.17) is 5.73 Å². The highest BCUT2D eigenvalue weighted by molar-refractivity contribution is 5.13. The van der Waals surface area contributed by atoms with Crippen LogP contribution in [0.15, 0.2) is 24.9 Å². The van der Waals surface area contributed by atoms with E-state index in [9.17, 15) is 0 Å². The number of imidazole rings is 1. The van der Waals surface area contributed by atoms with Gasteiger partial charge in [-0.05, 0) is 13.8 Å². The first-order valence-electron chi connectivity index (χ1n) is 5.24. The number of hydrogen-bond acceptors (Lipinski definition) is 3. The van der Waals surface area contributed by atoms with Crippen LogP contribution in [0.3, 0.4) is 0 Å². The molecule has 0 saturated carbocycles. The van der Waals surface area contributed by atoms with Gasteiger partial charge in [0, 0.05) is 25.0 Å². The van der Waals surface area contributed by atoms with Crippen LogP contribution in [0.25, 0.3) is 0 Å². The van der Waals surface area contributed by atoms with Crippen LogP contribution in [-0.4, -0.2) is 19.3 Å². The summed E-state index contributed by atoms with van der Waals surface area (Å²) < 4.78 is 3.84. The topological polar surface area (TPSA) is 61.7 Å². The van der Waals surface area contributed by atoms with E-state index in [2.05, 4.69) is 14.6 Å². The van der Waals surface area contributed by atoms with Crippen LogP contribution in [0.1, 0.15) is 25.1 Å². The highest BCUT2D eigenvalue weighted by atomic mass is 15.2. The minimum absolute atomic E-state index is 0.376. The lowest BCUT2D eigenvalue weighted by atomic mass is 10.0. The summed E-state index contributed by atoms with van der Waals surface area (Å²) in [4.78, 5) is 4.15. The van der Waals surface area contributed by atoms with Gasteiger partial charge in [-0.25, -0.2) is 4.98 Å². The van der Waals surface area contributed by atoms with Crippen LogP contribution in [0.4, 0.5) is 0 Å². The van der Waals surface area contributed by atoms with E-state index in [0.29, 0.717) is 0 Å². The molecule has 2 aromatic rings. The normalized spacial score (nSPS) is 12.0. The molecule has 0 aliphatic heterocycles. The average molecular weight is 219 g/mol. The van der Waals surface area contributed by atoms with Crippen molar-refractivity contribution in [2.45, 2.75) is 25.9 Å².